The number of rotatable bonds is 3. The summed E-state index contributed by atoms with van der Waals surface area (Å²) in [6.45, 7) is 0. The molecular formula is C4Br3Cl2F4I. The lowest BCUT2D eigenvalue weighted by atomic mass is 10.2. The van der Waals surface area contributed by atoms with Gasteiger partial charge < -0.3 is 0 Å². The topological polar surface area (TPSA) is 0 Å². The molecule has 0 spiro atoms. The summed E-state index contributed by atoms with van der Waals surface area (Å²) in [7, 11) is 0. The number of hydrogen-bond donors (Lipinski definition) is 0. The van der Waals surface area contributed by atoms with E-state index >= 15 is 0 Å². The van der Waals surface area contributed by atoms with Crippen molar-refractivity contribution >= 4 is 93.6 Å². The third-order valence-corrected chi connectivity index (χ3v) is 6.64. The minimum atomic E-state index is -3.87. The van der Waals surface area contributed by atoms with E-state index in [0.717, 1.165) is 22.6 Å². The van der Waals surface area contributed by atoms with Crippen molar-refractivity contribution in [3.8, 4) is 0 Å². The van der Waals surface area contributed by atoms with E-state index in [1.165, 1.54) is 0 Å². The summed E-state index contributed by atoms with van der Waals surface area (Å²) in [5, 5.41) is -3.87. The normalized spacial score (nSPS) is 29.6. The van der Waals surface area contributed by atoms with Crippen LogP contribution in [0.2, 0.25) is 0 Å². The van der Waals surface area contributed by atoms with Gasteiger partial charge in [-0.25, -0.2) is 17.6 Å². The summed E-state index contributed by atoms with van der Waals surface area (Å²) in [5.74, 6) is 0. The smallest absolute Gasteiger partial charge is 0.220 e. The van der Waals surface area contributed by atoms with Gasteiger partial charge in [0.1, 0.15) is 0 Å². The molecule has 0 aromatic rings. The molecule has 0 aliphatic carbocycles. The van der Waals surface area contributed by atoms with Crippen molar-refractivity contribution in [1.82, 2.24) is 0 Å². The minimum Gasteiger partial charge on any atom is -0.220 e. The van der Waals surface area contributed by atoms with E-state index in [9.17, 15) is 17.6 Å². The molecule has 0 rings (SSSR count). The lowest BCUT2D eigenvalue weighted by Crippen LogP contribution is -2.55. The van der Waals surface area contributed by atoms with Crippen LogP contribution in [0.1, 0.15) is 0 Å². The zero-order valence-corrected chi connectivity index (χ0v) is 14.2. The Morgan fingerprint density at radius 1 is 0.929 bits per heavy atom. The van der Waals surface area contributed by atoms with Gasteiger partial charge in [-0.2, -0.15) is 0 Å². The molecule has 0 nitrogen and oxygen atoms in total. The highest BCUT2D eigenvalue weighted by molar-refractivity contribution is 14.1. The molecule has 0 aromatic heterocycles. The van der Waals surface area contributed by atoms with E-state index in [1.54, 1.807) is 0 Å². The van der Waals surface area contributed by atoms with Crippen molar-refractivity contribution in [2.24, 2.45) is 0 Å². The van der Waals surface area contributed by atoms with E-state index in [-0.39, 0.29) is 0 Å². The Morgan fingerprint density at radius 3 is 1.29 bits per heavy atom. The van der Waals surface area contributed by atoms with Crippen molar-refractivity contribution < 1.29 is 17.6 Å². The molecule has 0 amide bonds. The summed E-state index contributed by atoms with van der Waals surface area (Å²) >= 11 is 16.6. The Bertz CT molecular complexity index is 200. The van der Waals surface area contributed by atoms with Crippen molar-refractivity contribution in [1.29, 1.82) is 0 Å². The monoisotopic (exact) mass is 558 g/mol. The van der Waals surface area contributed by atoms with E-state index in [0.29, 0.717) is 0 Å². The first-order chi connectivity index (χ1) is 5.75. The van der Waals surface area contributed by atoms with Crippen molar-refractivity contribution in [3.05, 3.63) is 0 Å². The fourth-order valence-corrected chi connectivity index (χ4v) is 2.46. The summed E-state index contributed by atoms with van der Waals surface area (Å²) in [4.78, 5) is 0. The quantitative estimate of drug-likeness (QED) is 0.237. The first kappa shape index (κ1) is 16.5. The molecule has 0 aliphatic rings. The maximum Gasteiger partial charge on any atom is 0.290 e. The number of alkyl halides is 10. The second kappa shape index (κ2) is 4.62. The Balaban J connectivity index is 5.30. The molecule has 0 aliphatic heterocycles. The van der Waals surface area contributed by atoms with Crippen LogP contribution in [0.5, 0.6) is 0 Å². The van der Waals surface area contributed by atoms with Crippen LogP contribution in [0.3, 0.4) is 0 Å². The van der Waals surface area contributed by atoms with E-state index in [1.807, 2.05) is 31.9 Å². The summed E-state index contributed by atoms with van der Waals surface area (Å²) in [5.41, 5.74) is 0. The Labute approximate surface area is 126 Å². The Hall–Kier alpha value is 2.47. The molecule has 0 radical (unpaired) electrons. The largest absolute Gasteiger partial charge is 0.290 e. The average molecular weight is 562 g/mol. The third-order valence-electron chi connectivity index (χ3n) is 1.11. The predicted molar refractivity (Wildman–Crippen MR) is 67.9 cm³/mol. The highest BCUT2D eigenvalue weighted by Gasteiger charge is 2.72. The van der Waals surface area contributed by atoms with Gasteiger partial charge in [-0.05, 0) is 70.4 Å². The van der Waals surface area contributed by atoms with Crippen LogP contribution in [0.25, 0.3) is 0 Å². The van der Waals surface area contributed by atoms with Crippen LogP contribution in [-0.2, 0) is 0 Å². The zero-order chi connectivity index (χ0) is 12.0. The number of hydrogen-bond acceptors (Lipinski definition) is 0. The molecule has 0 heterocycles. The number of halogens is 10. The van der Waals surface area contributed by atoms with Gasteiger partial charge in [0.05, 0.1) is 0 Å². The Kier molecular flexibility index (Phi) is 5.44. The SMILES string of the molecule is FC(Cl)(Br)C(F)(Cl)C(F)(Br)C(F)(Br)I. The van der Waals surface area contributed by atoms with E-state index < -0.39 is 16.3 Å². The molecule has 4 unspecified atom stereocenters. The maximum absolute atomic E-state index is 13.5. The van der Waals surface area contributed by atoms with Gasteiger partial charge >= 0.3 is 0 Å². The van der Waals surface area contributed by atoms with Crippen LogP contribution in [0, 0.1) is 0 Å². The lowest BCUT2D eigenvalue weighted by molar-refractivity contribution is 0.0234. The van der Waals surface area contributed by atoms with Gasteiger partial charge in [0, 0.05) is 0 Å². The molecule has 4 atom stereocenters. The average Bonchev–Trinajstić information content (AvgIpc) is 1.81. The van der Waals surface area contributed by atoms with Gasteiger partial charge in [-0.1, -0.05) is 23.2 Å². The minimum absolute atomic E-state index is 0.842. The third kappa shape index (κ3) is 3.02. The molecule has 14 heavy (non-hydrogen) atoms. The van der Waals surface area contributed by atoms with Crippen molar-refractivity contribution in [3.63, 3.8) is 0 Å². The molecule has 0 saturated carbocycles. The van der Waals surface area contributed by atoms with Crippen LogP contribution >= 0.6 is 93.6 Å². The van der Waals surface area contributed by atoms with Gasteiger partial charge in [0.25, 0.3) is 16.3 Å². The second-order valence-corrected chi connectivity index (χ2v) is 9.89. The molecule has 0 aromatic carbocycles. The first-order valence-corrected chi connectivity index (χ1v) is 6.85. The van der Waals surface area contributed by atoms with Crippen molar-refractivity contribution in [2.45, 2.75) is 16.3 Å². The summed E-state index contributed by atoms with van der Waals surface area (Å²) in [6, 6.07) is 0. The highest BCUT2D eigenvalue weighted by atomic mass is 127. The van der Waals surface area contributed by atoms with Crippen LogP contribution < -0.4 is 0 Å². The molecule has 0 bridgehead atoms. The van der Waals surface area contributed by atoms with Crippen LogP contribution in [0.4, 0.5) is 17.6 Å². The predicted octanol–water partition coefficient (Wildman–Crippen LogP) is 5.66. The first-order valence-electron chi connectivity index (χ1n) is 2.64. The Morgan fingerprint density at radius 2 is 1.21 bits per heavy atom. The molecule has 0 N–H and O–H groups in total. The van der Waals surface area contributed by atoms with Gasteiger partial charge in [-0.15, -0.1) is 0 Å². The van der Waals surface area contributed by atoms with E-state index in [2.05, 4.69) is 15.9 Å². The molecule has 10 heteroatoms. The molecule has 0 fully saturated rings. The summed E-state index contributed by atoms with van der Waals surface area (Å²) in [6.07, 6.45) is 0. The fourth-order valence-electron chi connectivity index (χ4n) is 0.356. The fraction of sp³-hybridized carbons (Fsp3) is 1.00. The molecule has 0 saturated heterocycles. The maximum atomic E-state index is 13.5. The van der Waals surface area contributed by atoms with Gasteiger partial charge in [0.2, 0.25) is 0 Å². The highest BCUT2D eigenvalue weighted by Crippen LogP contribution is 2.62. The van der Waals surface area contributed by atoms with E-state index in [4.69, 9.17) is 23.2 Å². The summed E-state index contributed by atoms with van der Waals surface area (Å²) < 4.78 is 42.8. The van der Waals surface area contributed by atoms with Crippen molar-refractivity contribution in [2.75, 3.05) is 0 Å². The van der Waals surface area contributed by atoms with Crippen LogP contribution in [-0.4, -0.2) is 16.3 Å². The van der Waals surface area contributed by atoms with Crippen LogP contribution in [0.15, 0.2) is 0 Å². The van der Waals surface area contributed by atoms with Gasteiger partial charge in [0.15, 0.2) is 0 Å². The standard InChI is InChI=1S/C4Br3Cl2F4I/c5-1(10,4(7,13)14)2(8,11)3(6,9)12. The molecule has 86 valence electrons. The second-order valence-electron chi connectivity index (χ2n) is 2.14. The molecular weight excluding hydrogens is 562 g/mol. The lowest BCUT2D eigenvalue weighted by Gasteiger charge is -2.37. The zero-order valence-electron chi connectivity index (χ0n) is 5.78. The van der Waals surface area contributed by atoms with Gasteiger partial charge in [-0.3, -0.25) is 0 Å².